The minimum atomic E-state index is -0.421. The number of hydrogen-bond donors (Lipinski definition) is 3. The summed E-state index contributed by atoms with van der Waals surface area (Å²) in [5.74, 6) is 0.0900. The summed E-state index contributed by atoms with van der Waals surface area (Å²) < 4.78 is 0. The highest BCUT2D eigenvalue weighted by atomic mass is 16.3. The Labute approximate surface area is 91.2 Å². The molecule has 4 N–H and O–H groups in total. The molecule has 0 saturated heterocycles. The number of carbonyl (C=O) groups excluding carboxylic acids is 1. The zero-order valence-corrected chi connectivity index (χ0v) is 9.62. The third kappa shape index (κ3) is 3.47. The third-order valence-corrected chi connectivity index (χ3v) is 3.26. The fourth-order valence-corrected chi connectivity index (χ4v) is 1.62. The van der Waals surface area contributed by atoms with E-state index in [4.69, 9.17) is 10.8 Å². The van der Waals surface area contributed by atoms with E-state index in [1.54, 1.807) is 0 Å². The molecule has 4 heteroatoms. The standard InChI is InChI=1S/C11H22N2O2/c1-8(2)9(12)10(15)13-7-11(3-4-11)5-6-14/h8-9,14H,3-7,12H2,1-2H3,(H,13,15)/t9-/m1/s1. The van der Waals surface area contributed by atoms with Crippen LogP contribution in [-0.4, -0.2) is 30.2 Å². The van der Waals surface area contributed by atoms with E-state index >= 15 is 0 Å². The van der Waals surface area contributed by atoms with E-state index < -0.39 is 6.04 Å². The lowest BCUT2D eigenvalue weighted by molar-refractivity contribution is -0.123. The number of rotatable bonds is 6. The Morgan fingerprint density at radius 3 is 2.53 bits per heavy atom. The molecule has 0 aromatic heterocycles. The molecule has 1 aliphatic carbocycles. The Kier molecular flexibility index (Phi) is 4.11. The summed E-state index contributed by atoms with van der Waals surface area (Å²) in [6, 6.07) is -0.421. The lowest BCUT2D eigenvalue weighted by Gasteiger charge is -2.19. The van der Waals surface area contributed by atoms with Crippen molar-refractivity contribution in [3.8, 4) is 0 Å². The number of amides is 1. The van der Waals surface area contributed by atoms with Crippen LogP contribution in [0.25, 0.3) is 0 Å². The first kappa shape index (κ1) is 12.5. The molecule has 1 fully saturated rings. The van der Waals surface area contributed by atoms with E-state index in [2.05, 4.69) is 5.32 Å². The number of aliphatic hydroxyl groups is 1. The molecular formula is C11H22N2O2. The van der Waals surface area contributed by atoms with E-state index in [0.29, 0.717) is 6.54 Å². The van der Waals surface area contributed by atoms with Crippen molar-refractivity contribution in [2.75, 3.05) is 13.2 Å². The van der Waals surface area contributed by atoms with Crippen molar-refractivity contribution in [1.82, 2.24) is 5.32 Å². The van der Waals surface area contributed by atoms with E-state index in [0.717, 1.165) is 19.3 Å². The molecule has 1 rings (SSSR count). The number of aliphatic hydroxyl groups excluding tert-OH is 1. The van der Waals surface area contributed by atoms with Crippen LogP contribution in [0.5, 0.6) is 0 Å². The molecule has 1 aliphatic rings. The van der Waals surface area contributed by atoms with Crippen molar-refractivity contribution in [1.29, 1.82) is 0 Å². The SMILES string of the molecule is CC(C)[C@@H](N)C(=O)NCC1(CCO)CC1. The van der Waals surface area contributed by atoms with E-state index in [-0.39, 0.29) is 23.8 Å². The van der Waals surface area contributed by atoms with E-state index in [1.807, 2.05) is 13.8 Å². The highest BCUT2D eigenvalue weighted by molar-refractivity contribution is 5.81. The number of hydrogen-bond acceptors (Lipinski definition) is 3. The lowest BCUT2D eigenvalue weighted by atomic mass is 10.0. The Hall–Kier alpha value is -0.610. The van der Waals surface area contributed by atoms with Gasteiger partial charge in [0.05, 0.1) is 6.04 Å². The quantitative estimate of drug-likeness (QED) is 0.593. The van der Waals surface area contributed by atoms with Crippen molar-refractivity contribution in [3.63, 3.8) is 0 Å². The normalized spacial score (nSPS) is 20.1. The predicted octanol–water partition coefficient (Wildman–Crippen LogP) is 0.248. The van der Waals surface area contributed by atoms with Crippen LogP contribution in [0.3, 0.4) is 0 Å². The average Bonchev–Trinajstić information content (AvgIpc) is 2.94. The molecular weight excluding hydrogens is 192 g/mol. The molecule has 1 atom stereocenters. The molecule has 4 nitrogen and oxygen atoms in total. The van der Waals surface area contributed by atoms with Crippen LogP contribution in [0.15, 0.2) is 0 Å². The maximum Gasteiger partial charge on any atom is 0.237 e. The Morgan fingerprint density at radius 1 is 1.53 bits per heavy atom. The van der Waals surface area contributed by atoms with Gasteiger partial charge in [0, 0.05) is 13.2 Å². The minimum Gasteiger partial charge on any atom is -0.396 e. The highest BCUT2D eigenvalue weighted by Gasteiger charge is 2.42. The van der Waals surface area contributed by atoms with Crippen LogP contribution < -0.4 is 11.1 Å². The van der Waals surface area contributed by atoms with Crippen molar-refractivity contribution < 1.29 is 9.90 Å². The van der Waals surface area contributed by atoms with Gasteiger partial charge in [-0.25, -0.2) is 0 Å². The summed E-state index contributed by atoms with van der Waals surface area (Å²) >= 11 is 0. The van der Waals surface area contributed by atoms with E-state index in [9.17, 15) is 4.79 Å². The largest absolute Gasteiger partial charge is 0.396 e. The van der Waals surface area contributed by atoms with Crippen LogP contribution in [0.4, 0.5) is 0 Å². The summed E-state index contributed by atoms with van der Waals surface area (Å²) in [5.41, 5.74) is 5.89. The molecule has 0 radical (unpaired) electrons. The van der Waals surface area contributed by atoms with Gasteiger partial charge >= 0.3 is 0 Å². The molecule has 0 aliphatic heterocycles. The van der Waals surface area contributed by atoms with Gasteiger partial charge in [-0.2, -0.15) is 0 Å². The first-order chi connectivity index (χ1) is 7.01. The van der Waals surface area contributed by atoms with Crippen LogP contribution >= 0.6 is 0 Å². The Morgan fingerprint density at radius 2 is 2.13 bits per heavy atom. The van der Waals surface area contributed by atoms with Gasteiger partial charge < -0.3 is 16.2 Å². The molecule has 0 aromatic rings. The maximum absolute atomic E-state index is 11.6. The van der Waals surface area contributed by atoms with Crippen molar-refractivity contribution in [2.45, 2.75) is 39.2 Å². The molecule has 0 unspecified atom stereocenters. The first-order valence-corrected chi connectivity index (χ1v) is 5.65. The zero-order valence-electron chi connectivity index (χ0n) is 9.62. The van der Waals surface area contributed by atoms with Gasteiger partial charge in [-0.1, -0.05) is 13.8 Å². The zero-order chi connectivity index (χ0) is 11.5. The molecule has 0 bridgehead atoms. The second-order valence-electron chi connectivity index (χ2n) is 4.96. The van der Waals surface area contributed by atoms with Crippen molar-refractivity contribution >= 4 is 5.91 Å². The van der Waals surface area contributed by atoms with Gasteiger partial charge in [0.2, 0.25) is 5.91 Å². The maximum atomic E-state index is 11.6. The summed E-state index contributed by atoms with van der Waals surface area (Å²) in [7, 11) is 0. The van der Waals surface area contributed by atoms with Gasteiger partial charge in [0.25, 0.3) is 0 Å². The smallest absolute Gasteiger partial charge is 0.237 e. The van der Waals surface area contributed by atoms with E-state index in [1.165, 1.54) is 0 Å². The van der Waals surface area contributed by atoms with Crippen LogP contribution in [-0.2, 0) is 4.79 Å². The molecule has 0 aromatic carbocycles. The van der Waals surface area contributed by atoms with Gasteiger partial charge in [-0.3, -0.25) is 4.79 Å². The fraction of sp³-hybridized carbons (Fsp3) is 0.909. The molecule has 0 spiro atoms. The molecule has 88 valence electrons. The van der Waals surface area contributed by atoms with Crippen molar-refractivity contribution in [2.24, 2.45) is 17.1 Å². The van der Waals surface area contributed by atoms with Crippen molar-refractivity contribution in [3.05, 3.63) is 0 Å². The van der Waals surface area contributed by atoms with Crippen LogP contribution in [0.1, 0.15) is 33.1 Å². The Bertz CT molecular complexity index is 225. The van der Waals surface area contributed by atoms with Crippen LogP contribution in [0.2, 0.25) is 0 Å². The lowest BCUT2D eigenvalue weighted by Crippen LogP contribution is -2.45. The summed E-state index contributed by atoms with van der Waals surface area (Å²) in [5, 5.41) is 11.7. The third-order valence-electron chi connectivity index (χ3n) is 3.26. The van der Waals surface area contributed by atoms with Gasteiger partial charge in [0.15, 0.2) is 0 Å². The summed E-state index contributed by atoms with van der Waals surface area (Å²) in [6.07, 6.45) is 2.99. The predicted molar refractivity (Wildman–Crippen MR) is 59.2 cm³/mol. The fourth-order valence-electron chi connectivity index (χ4n) is 1.62. The summed E-state index contributed by atoms with van der Waals surface area (Å²) in [4.78, 5) is 11.6. The van der Waals surface area contributed by atoms with Gasteiger partial charge in [-0.15, -0.1) is 0 Å². The second kappa shape index (κ2) is 4.94. The van der Waals surface area contributed by atoms with Gasteiger partial charge in [-0.05, 0) is 30.6 Å². The molecule has 0 heterocycles. The first-order valence-electron chi connectivity index (χ1n) is 5.65. The number of nitrogens with one attached hydrogen (secondary N) is 1. The number of carbonyl (C=O) groups is 1. The molecule has 1 amide bonds. The molecule has 1 saturated carbocycles. The Balaban J connectivity index is 2.28. The second-order valence-corrected chi connectivity index (χ2v) is 4.96. The number of nitrogens with two attached hydrogens (primary N) is 1. The minimum absolute atomic E-state index is 0.0748. The summed E-state index contributed by atoms with van der Waals surface area (Å²) in [6.45, 7) is 4.73. The average molecular weight is 214 g/mol. The highest BCUT2D eigenvalue weighted by Crippen LogP contribution is 2.47. The molecule has 15 heavy (non-hydrogen) atoms. The van der Waals surface area contributed by atoms with Crippen LogP contribution in [0, 0.1) is 11.3 Å². The topological polar surface area (TPSA) is 75.4 Å². The van der Waals surface area contributed by atoms with Gasteiger partial charge in [0.1, 0.15) is 0 Å². The monoisotopic (exact) mass is 214 g/mol.